The molecular formula is C34H39ClFN7O2. The van der Waals surface area contributed by atoms with Crippen LogP contribution in [0.4, 0.5) is 15.9 Å². The third-order valence-electron chi connectivity index (χ3n) is 9.26. The Kier molecular flexibility index (Phi) is 8.59. The van der Waals surface area contributed by atoms with Gasteiger partial charge in [0.15, 0.2) is 5.83 Å². The normalized spacial score (nSPS) is 20.6. The van der Waals surface area contributed by atoms with Gasteiger partial charge in [0.1, 0.15) is 5.82 Å². The van der Waals surface area contributed by atoms with Crippen molar-refractivity contribution in [2.24, 2.45) is 5.41 Å². The van der Waals surface area contributed by atoms with Crippen LogP contribution in [-0.4, -0.2) is 84.6 Å². The minimum Gasteiger partial charge on any atom is -0.463 e. The molecule has 1 saturated heterocycles. The molecule has 1 aromatic heterocycles. The van der Waals surface area contributed by atoms with Crippen LogP contribution in [0.25, 0.3) is 10.8 Å². The van der Waals surface area contributed by atoms with E-state index in [1.807, 2.05) is 12.1 Å². The fourth-order valence-electron chi connectivity index (χ4n) is 6.89. The summed E-state index contributed by atoms with van der Waals surface area (Å²) in [5.41, 5.74) is 3.05. The van der Waals surface area contributed by atoms with E-state index >= 15 is 0 Å². The number of carbonyl (C=O) groups excluding carboxylic acids is 1. The van der Waals surface area contributed by atoms with Crippen LogP contribution in [0.1, 0.15) is 37.4 Å². The van der Waals surface area contributed by atoms with Gasteiger partial charge in [-0.3, -0.25) is 4.79 Å². The molecule has 2 fully saturated rings. The van der Waals surface area contributed by atoms with Gasteiger partial charge >= 0.3 is 6.01 Å². The summed E-state index contributed by atoms with van der Waals surface area (Å²) < 4.78 is 20.2. The van der Waals surface area contributed by atoms with E-state index in [2.05, 4.69) is 72.6 Å². The summed E-state index contributed by atoms with van der Waals surface area (Å²) in [5, 5.41) is 12.3. The predicted octanol–water partition coefficient (Wildman–Crippen LogP) is 5.37. The highest BCUT2D eigenvalue weighted by atomic mass is 35.5. The maximum atomic E-state index is 13.9. The standard InChI is InChI=1S/C34H39ClFN7O2/c1-22-17-26-28(19-43(22)29-10-6-8-24-7-5-9-27(35)30(24)29)38-33(45-21-34(12-13-34)20-40(3)4)39-31(26)41-15-16-42(32(44)23(2)36)25(18-41)11-14-37/h5-10,22,25H,2,11-13,15-21H2,1,3-4H3/t22-,25?/m1/s1. The van der Waals surface area contributed by atoms with Gasteiger partial charge in [-0.25, -0.2) is 4.39 Å². The molecule has 3 heterocycles. The van der Waals surface area contributed by atoms with E-state index in [1.54, 1.807) is 0 Å². The summed E-state index contributed by atoms with van der Waals surface area (Å²) in [7, 11) is 4.15. The number of halogens is 2. The highest BCUT2D eigenvalue weighted by Crippen LogP contribution is 2.46. The number of benzene rings is 2. The van der Waals surface area contributed by atoms with E-state index in [-0.39, 0.29) is 24.4 Å². The Balaban J connectivity index is 1.37. The number of ether oxygens (including phenoxy) is 1. The third kappa shape index (κ3) is 6.29. The largest absolute Gasteiger partial charge is 0.463 e. The molecule has 1 amide bonds. The lowest BCUT2D eigenvalue weighted by Gasteiger charge is -2.43. The molecule has 0 bridgehead atoms. The molecule has 3 aliphatic rings. The molecule has 11 heteroatoms. The first-order valence-electron chi connectivity index (χ1n) is 15.5. The zero-order valence-corrected chi connectivity index (χ0v) is 26.9. The summed E-state index contributed by atoms with van der Waals surface area (Å²) in [4.78, 5) is 30.6. The van der Waals surface area contributed by atoms with Gasteiger partial charge in [0, 0.05) is 54.3 Å². The summed E-state index contributed by atoms with van der Waals surface area (Å²) >= 11 is 6.74. The smallest absolute Gasteiger partial charge is 0.318 e. The fourth-order valence-corrected chi connectivity index (χ4v) is 7.16. The Labute approximate surface area is 268 Å². The van der Waals surface area contributed by atoms with Crippen LogP contribution in [-0.2, 0) is 17.8 Å². The molecule has 9 nitrogen and oxygen atoms in total. The molecule has 1 aliphatic carbocycles. The molecule has 3 aromatic rings. The van der Waals surface area contributed by atoms with Gasteiger partial charge in [-0.2, -0.15) is 15.2 Å². The minimum atomic E-state index is -1.02. The zero-order valence-electron chi connectivity index (χ0n) is 26.1. The Hall–Kier alpha value is -3.94. The van der Waals surface area contributed by atoms with Crippen LogP contribution < -0.4 is 14.5 Å². The number of nitriles is 1. The average molecular weight is 632 g/mol. The fraction of sp³-hybridized carbons (Fsp3) is 0.471. The molecule has 2 aliphatic heterocycles. The van der Waals surface area contributed by atoms with Crippen LogP contribution in [0.5, 0.6) is 6.01 Å². The van der Waals surface area contributed by atoms with Crippen molar-refractivity contribution in [2.45, 2.75) is 51.2 Å². The van der Waals surface area contributed by atoms with Crippen molar-refractivity contribution in [3.8, 4) is 12.1 Å². The average Bonchev–Trinajstić information content (AvgIpc) is 3.77. The zero-order chi connectivity index (χ0) is 31.9. The van der Waals surface area contributed by atoms with Crippen LogP contribution >= 0.6 is 11.6 Å². The second-order valence-electron chi connectivity index (χ2n) is 12.9. The van der Waals surface area contributed by atoms with Crippen molar-refractivity contribution in [1.29, 1.82) is 5.26 Å². The van der Waals surface area contributed by atoms with Crippen molar-refractivity contribution in [3.05, 3.63) is 65.1 Å². The van der Waals surface area contributed by atoms with Gasteiger partial charge in [-0.15, -0.1) is 0 Å². The Morgan fingerprint density at radius 3 is 2.67 bits per heavy atom. The summed E-state index contributed by atoms with van der Waals surface area (Å²) in [6.07, 6.45) is 2.95. The number of amides is 1. The second-order valence-corrected chi connectivity index (χ2v) is 13.4. The first-order valence-corrected chi connectivity index (χ1v) is 15.9. The van der Waals surface area contributed by atoms with Crippen LogP contribution in [0.15, 0.2) is 48.8 Å². The second kappa shape index (κ2) is 12.5. The Bertz CT molecular complexity index is 1660. The number of fused-ring (bicyclic) bond motifs is 2. The number of anilines is 2. The number of hydrogen-bond acceptors (Lipinski definition) is 8. The van der Waals surface area contributed by atoms with Gasteiger partial charge in [0.05, 0.1) is 42.4 Å². The molecule has 236 valence electrons. The van der Waals surface area contributed by atoms with Crippen LogP contribution in [0.2, 0.25) is 5.02 Å². The van der Waals surface area contributed by atoms with E-state index in [9.17, 15) is 14.4 Å². The molecule has 2 aromatic carbocycles. The van der Waals surface area contributed by atoms with Gasteiger partial charge in [-0.1, -0.05) is 42.4 Å². The lowest BCUT2D eigenvalue weighted by molar-refractivity contribution is -0.131. The lowest BCUT2D eigenvalue weighted by Crippen LogP contribution is -2.56. The number of piperazine rings is 1. The van der Waals surface area contributed by atoms with Crippen molar-refractivity contribution < 1.29 is 13.9 Å². The molecule has 45 heavy (non-hydrogen) atoms. The van der Waals surface area contributed by atoms with Gasteiger partial charge in [0.25, 0.3) is 5.91 Å². The molecule has 1 saturated carbocycles. The molecule has 0 radical (unpaired) electrons. The maximum Gasteiger partial charge on any atom is 0.318 e. The summed E-state index contributed by atoms with van der Waals surface area (Å²) in [6, 6.07) is 14.3. The predicted molar refractivity (Wildman–Crippen MR) is 174 cm³/mol. The highest BCUT2D eigenvalue weighted by molar-refractivity contribution is 6.36. The first kappa shape index (κ1) is 31.1. The molecule has 0 spiro atoms. The van der Waals surface area contributed by atoms with E-state index < -0.39 is 17.8 Å². The highest BCUT2D eigenvalue weighted by Gasteiger charge is 2.44. The quantitative estimate of drug-likeness (QED) is 0.291. The van der Waals surface area contributed by atoms with Crippen molar-refractivity contribution in [1.82, 2.24) is 19.8 Å². The topological polar surface area (TPSA) is 88.8 Å². The maximum absolute atomic E-state index is 13.9. The van der Waals surface area contributed by atoms with Crippen LogP contribution in [0.3, 0.4) is 0 Å². The lowest BCUT2D eigenvalue weighted by atomic mass is 9.96. The number of aromatic nitrogens is 2. The van der Waals surface area contributed by atoms with Gasteiger partial charge < -0.3 is 24.3 Å². The Morgan fingerprint density at radius 2 is 1.98 bits per heavy atom. The number of carbonyl (C=O) groups is 1. The molecule has 2 atom stereocenters. The molecule has 1 unspecified atom stereocenters. The van der Waals surface area contributed by atoms with E-state index in [0.29, 0.717) is 43.7 Å². The van der Waals surface area contributed by atoms with Crippen molar-refractivity contribution >= 4 is 39.8 Å². The van der Waals surface area contributed by atoms with Crippen LogP contribution in [0, 0.1) is 16.7 Å². The van der Waals surface area contributed by atoms with Crippen molar-refractivity contribution in [3.63, 3.8) is 0 Å². The van der Waals surface area contributed by atoms with Gasteiger partial charge in [0.2, 0.25) is 0 Å². The summed E-state index contributed by atoms with van der Waals surface area (Å²) in [5.74, 6) is -1.03. The van der Waals surface area contributed by atoms with E-state index in [0.717, 1.165) is 52.9 Å². The van der Waals surface area contributed by atoms with E-state index in [4.69, 9.17) is 26.3 Å². The number of hydrogen-bond donors (Lipinski definition) is 0. The Morgan fingerprint density at radius 1 is 1.22 bits per heavy atom. The van der Waals surface area contributed by atoms with E-state index in [1.165, 1.54) is 4.90 Å². The first-order chi connectivity index (χ1) is 21.6. The number of nitrogens with zero attached hydrogens (tertiary/aromatic N) is 7. The monoisotopic (exact) mass is 631 g/mol. The number of rotatable bonds is 9. The minimum absolute atomic E-state index is 0.0746. The molecule has 6 rings (SSSR count). The molecule has 0 N–H and O–H groups in total. The summed E-state index contributed by atoms with van der Waals surface area (Å²) in [6.45, 7) is 8.42. The third-order valence-corrected chi connectivity index (χ3v) is 9.58. The van der Waals surface area contributed by atoms with Gasteiger partial charge in [-0.05, 0) is 57.8 Å². The molecular weight excluding hydrogens is 593 g/mol. The van der Waals surface area contributed by atoms with Crippen molar-refractivity contribution in [2.75, 3.05) is 56.7 Å². The SMILES string of the molecule is C=C(F)C(=O)N1CCN(c2nc(OCC3(CN(C)C)CC3)nc3c2C[C@@H](C)N(c2cccc4cccc(Cl)c24)C3)CC1CC#N.